The van der Waals surface area contributed by atoms with Gasteiger partial charge in [-0.05, 0) is 44.6 Å². The topological polar surface area (TPSA) is 38.0 Å². The van der Waals surface area contributed by atoms with Gasteiger partial charge >= 0.3 is 6.18 Å². The van der Waals surface area contributed by atoms with E-state index in [0.29, 0.717) is 18.9 Å². The highest BCUT2D eigenvalue weighted by Gasteiger charge is 2.53. The molecule has 2 rings (SSSR count). The smallest absolute Gasteiger partial charge is 0.330 e. The van der Waals surface area contributed by atoms with Crippen LogP contribution in [-0.2, 0) is 0 Å². The minimum Gasteiger partial charge on any atom is -0.330 e. The molecule has 2 nitrogen and oxygen atoms in total. The number of alkyl halides is 3. The highest BCUT2D eigenvalue weighted by Crippen LogP contribution is 2.47. The van der Waals surface area contributed by atoms with Crippen LogP contribution in [0.15, 0.2) is 0 Å². The predicted molar refractivity (Wildman–Crippen MR) is 67.7 cm³/mol. The first-order valence-corrected chi connectivity index (χ1v) is 6.48. The number of hydrogen-bond donors (Lipinski definition) is 2. The first-order valence-electron chi connectivity index (χ1n) is 6.48. The number of nitrogens with one attached hydrogen (secondary N) is 1. The molecule has 0 spiro atoms. The van der Waals surface area contributed by atoms with Crippen LogP contribution in [0.2, 0.25) is 0 Å². The molecule has 0 amide bonds. The van der Waals surface area contributed by atoms with Gasteiger partial charge in [0, 0.05) is 12.1 Å². The minimum absolute atomic E-state index is 0. The van der Waals surface area contributed by atoms with E-state index in [-0.39, 0.29) is 36.8 Å². The molecule has 5 unspecified atom stereocenters. The van der Waals surface area contributed by atoms with Crippen LogP contribution in [0, 0.1) is 17.8 Å². The van der Waals surface area contributed by atoms with Crippen molar-refractivity contribution in [1.82, 2.24) is 5.32 Å². The van der Waals surface area contributed by atoms with Gasteiger partial charge in [-0.15, -0.1) is 12.4 Å². The zero-order chi connectivity index (χ0) is 12.6. The van der Waals surface area contributed by atoms with Gasteiger partial charge in [0.15, 0.2) is 0 Å². The second kappa shape index (κ2) is 5.97. The molecule has 0 aromatic heterocycles. The van der Waals surface area contributed by atoms with Crippen molar-refractivity contribution in [3.05, 3.63) is 0 Å². The van der Waals surface area contributed by atoms with Crippen LogP contribution in [-0.4, -0.2) is 24.8 Å². The fourth-order valence-corrected chi connectivity index (χ4v) is 3.77. The molecule has 3 N–H and O–H groups in total. The van der Waals surface area contributed by atoms with Crippen molar-refractivity contribution in [2.75, 3.05) is 6.54 Å². The molecule has 0 radical (unpaired) electrons. The summed E-state index contributed by atoms with van der Waals surface area (Å²) in [6.45, 7) is 2.56. The molecule has 0 aromatic carbocycles. The highest BCUT2D eigenvalue weighted by atomic mass is 35.5. The van der Waals surface area contributed by atoms with Crippen LogP contribution in [0.25, 0.3) is 0 Å². The summed E-state index contributed by atoms with van der Waals surface area (Å²) in [5.74, 6) is -0.685. The first kappa shape index (κ1) is 16.1. The first-order chi connectivity index (χ1) is 7.95. The van der Waals surface area contributed by atoms with E-state index in [2.05, 4.69) is 5.32 Å². The average molecular weight is 287 g/mol. The fraction of sp³-hybridized carbons (Fsp3) is 1.00. The van der Waals surface area contributed by atoms with Gasteiger partial charge in [0.2, 0.25) is 0 Å². The number of rotatable bonds is 2. The Bertz CT molecular complexity index is 273. The molecule has 0 aromatic rings. The maximum absolute atomic E-state index is 13.0. The Morgan fingerprint density at radius 2 is 1.94 bits per heavy atom. The van der Waals surface area contributed by atoms with E-state index in [4.69, 9.17) is 5.73 Å². The second-order valence-electron chi connectivity index (χ2n) is 5.47. The van der Waals surface area contributed by atoms with Crippen LogP contribution < -0.4 is 11.1 Å². The summed E-state index contributed by atoms with van der Waals surface area (Å²) in [5.41, 5.74) is 5.56. The zero-order valence-electron chi connectivity index (χ0n) is 10.5. The van der Waals surface area contributed by atoms with E-state index in [9.17, 15) is 13.2 Å². The van der Waals surface area contributed by atoms with E-state index in [1.165, 1.54) is 0 Å². The number of hydrogen-bond acceptors (Lipinski definition) is 2. The summed E-state index contributed by atoms with van der Waals surface area (Å²) in [6.07, 6.45) is -1.34. The Labute approximate surface area is 112 Å². The fourth-order valence-electron chi connectivity index (χ4n) is 3.77. The molecule has 1 aliphatic heterocycles. The monoisotopic (exact) mass is 286 g/mol. The van der Waals surface area contributed by atoms with Gasteiger partial charge in [0.05, 0.1) is 5.92 Å². The van der Waals surface area contributed by atoms with Crippen molar-refractivity contribution in [2.24, 2.45) is 23.5 Å². The van der Waals surface area contributed by atoms with E-state index >= 15 is 0 Å². The quantitative estimate of drug-likeness (QED) is 0.819. The van der Waals surface area contributed by atoms with Crippen LogP contribution in [0.5, 0.6) is 0 Å². The lowest BCUT2D eigenvalue weighted by atomic mass is 9.72. The summed E-state index contributed by atoms with van der Waals surface area (Å²) < 4.78 is 38.9. The van der Waals surface area contributed by atoms with Crippen molar-refractivity contribution in [3.63, 3.8) is 0 Å². The maximum atomic E-state index is 13.0. The van der Waals surface area contributed by atoms with Gasteiger partial charge in [-0.1, -0.05) is 6.42 Å². The average Bonchev–Trinajstić information content (AvgIpc) is 2.54. The molecule has 1 aliphatic carbocycles. The Morgan fingerprint density at radius 1 is 1.28 bits per heavy atom. The van der Waals surface area contributed by atoms with Crippen LogP contribution in [0.3, 0.4) is 0 Å². The lowest BCUT2D eigenvalue weighted by molar-refractivity contribution is -0.191. The van der Waals surface area contributed by atoms with E-state index in [1.54, 1.807) is 0 Å². The van der Waals surface area contributed by atoms with E-state index in [0.717, 1.165) is 12.8 Å². The molecule has 18 heavy (non-hydrogen) atoms. The van der Waals surface area contributed by atoms with Gasteiger partial charge in [-0.3, -0.25) is 0 Å². The van der Waals surface area contributed by atoms with Crippen molar-refractivity contribution >= 4 is 12.4 Å². The van der Waals surface area contributed by atoms with Gasteiger partial charge < -0.3 is 11.1 Å². The Hall–Kier alpha value is 0. The molecule has 1 heterocycles. The summed E-state index contributed by atoms with van der Waals surface area (Å²) in [7, 11) is 0. The molecule has 2 fully saturated rings. The molecule has 5 atom stereocenters. The molecule has 0 bridgehead atoms. The third kappa shape index (κ3) is 2.94. The molecular formula is C12H22ClF3N2. The minimum atomic E-state index is -4.06. The molecule has 2 aliphatic rings. The third-order valence-corrected chi connectivity index (χ3v) is 4.52. The highest BCUT2D eigenvalue weighted by molar-refractivity contribution is 5.85. The van der Waals surface area contributed by atoms with Crippen LogP contribution >= 0.6 is 12.4 Å². The van der Waals surface area contributed by atoms with Crippen LogP contribution in [0.4, 0.5) is 13.2 Å². The van der Waals surface area contributed by atoms with Crippen molar-refractivity contribution in [3.8, 4) is 0 Å². The van der Waals surface area contributed by atoms with Gasteiger partial charge in [-0.25, -0.2) is 0 Å². The number of halogens is 4. The molecular weight excluding hydrogens is 265 g/mol. The van der Waals surface area contributed by atoms with Crippen molar-refractivity contribution in [1.29, 1.82) is 0 Å². The lowest BCUT2D eigenvalue weighted by Crippen LogP contribution is -2.46. The van der Waals surface area contributed by atoms with Gasteiger partial charge in [-0.2, -0.15) is 13.2 Å². The SMILES string of the molecule is CC1NC2C(CCCC2C(F)(F)F)C1CCN.Cl. The van der Waals surface area contributed by atoms with Crippen molar-refractivity contribution in [2.45, 2.75) is 50.9 Å². The van der Waals surface area contributed by atoms with Crippen LogP contribution in [0.1, 0.15) is 32.6 Å². The summed E-state index contributed by atoms with van der Waals surface area (Å²) in [4.78, 5) is 0. The molecule has 1 saturated carbocycles. The molecule has 108 valence electrons. The van der Waals surface area contributed by atoms with Gasteiger partial charge in [0.25, 0.3) is 0 Å². The summed E-state index contributed by atoms with van der Waals surface area (Å²) in [6, 6.07) is -0.216. The van der Waals surface area contributed by atoms with E-state index < -0.39 is 12.1 Å². The largest absolute Gasteiger partial charge is 0.393 e. The summed E-state index contributed by atoms with van der Waals surface area (Å²) in [5, 5.41) is 3.17. The predicted octanol–water partition coefficient (Wildman–Crippen LogP) is 2.71. The lowest BCUT2D eigenvalue weighted by Gasteiger charge is -2.36. The standard InChI is InChI=1S/C12H21F3N2.ClH/c1-7-8(5-6-16)9-3-2-4-10(11(9)17-7)12(13,14)15;/h7-11,17H,2-6,16H2,1H3;1H. The Morgan fingerprint density at radius 3 is 2.50 bits per heavy atom. The number of fused-ring (bicyclic) bond motifs is 1. The zero-order valence-corrected chi connectivity index (χ0v) is 11.4. The second-order valence-corrected chi connectivity index (χ2v) is 5.47. The van der Waals surface area contributed by atoms with Gasteiger partial charge in [0.1, 0.15) is 0 Å². The molecule has 1 saturated heterocycles. The van der Waals surface area contributed by atoms with Crippen molar-refractivity contribution < 1.29 is 13.2 Å². The third-order valence-electron chi connectivity index (χ3n) is 4.52. The maximum Gasteiger partial charge on any atom is 0.393 e. The Balaban J connectivity index is 0.00000162. The Kier molecular flexibility index (Phi) is 5.32. The van der Waals surface area contributed by atoms with E-state index in [1.807, 2.05) is 6.92 Å². The summed E-state index contributed by atoms with van der Waals surface area (Å²) >= 11 is 0. The molecule has 6 heteroatoms. The normalized spacial score (nSPS) is 40.2. The number of nitrogens with two attached hydrogens (primary N) is 1.